The molecule has 24 heavy (non-hydrogen) atoms. The number of nitrogens with one attached hydrogen (secondary N) is 1. The molecule has 0 aliphatic carbocycles. The highest BCUT2D eigenvalue weighted by Crippen LogP contribution is 2.30. The van der Waals surface area contributed by atoms with Crippen molar-refractivity contribution in [3.05, 3.63) is 45.6 Å². The van der Waals surface area contributed by atoms with Crippen molar-refractivity contribution in [3.8, 4) is 5.75 Å². The maximum Gasteiger partial charge on any atom is 0.210 e. The first kappa shape index (κ1) is 17.2. The lowest BCUT2D eigenvalue weighted by atomic mass is 10.3. The third-order valence-corrected chi connectivity index (χ3v) is 6.17. The van der Waals surface area contributed by atoms with Crippen LogP contribution in [0.15, 0.2) is 40.7 Å². The number of Topliss-reactive ketones (excluding diaryl/α,β-unsaturated/α-hetero) is 1. The molecule has 0 radical (unpaired) electrons. The second-order valence-corrected chi connectivity index (χ2v) is 8.46. The lowest BCUT2D eigenvalue weighted by Gasteiger charge is -2.03. The normalized spacial score (nSPS) is 10.6. The Hall–Kier alpha value is -1.61. The van der Waals surface area contributed by atoms with Crippen LogP contribution in [0.2, 0.25) is 4.34 Å². The monoisotopic (exact) mass is 397 g/mol. The van der Waals surface area contributed by atoms with Crippen molar-refractivity contribution in [1.29, 1.82) is 0 Å². The fourth-order valence-electron chi connectivity index (χ4n) is 1.78. The zero-order valence-corrected chi connectivity index (χ0v) is 15.7. The molecule has 124 valence electrons. The average Bonchev–Trinajstić information content (AvgIpc) is 3.22. The van der Waals surface area contributed by atoms with Gasteiger partial charge in [-0.15, -0.1) is 21.5 Å². The summed E-state index contributed by atoms with van der Waals surface area (Å²) in [4.78, 5) is 12.7. The van der Waals surface area contributed by atoms with Gasteiger partial charge in [-0.2, -0.15) is 0 Å². The van der Waals surface area contributed by atoms with Crippen LogP contribution >= 0.6 is 46.0 Å². The Morgan fingerprint density at radius 1 is 1.21 bits per heavy atom. The number of nitrogens with zero attached hydrogens (tertiary/aromatic N) is 2. The summed E-state index contributed by atoms with van der Waals surface area (Å²) >= 11 is 9.90. The second-order valence-electron chi connectivity index (χ2n) is 4.54. The lowest BCUT2D eigenvalue weighted by molar-refractivity contribution is 0.102. The van der Waals surface area contributed by atoms with E-state index >= 15 is 0 Å². The highest BCUT2D eigenvalue weighted by atomic mass is 35.5. The first-order valence-electron chi connectivity index (χ1n) is 6.80. The highest BCUT2D eigenvalue weighted by molar-refractivity contribution is 8.01. The standard InChI is InChI=1S/C15H12ClN3O2S3/c1-21-10-4-2-9(3-5-10)17-14-18-19-15(24-14)22-8-11(20)12-6-7-13(16)23-12/h2-7H,8H2,1H3,(H,17,18). The van der Waals surface area contributed by atoms with Gasteiger partial charge in [0.25, 0.3) is 0 Å². The van der Waals surface area contributed by atoms with E-state index in [1.54, 1.807) is 19.2 Å². The van der Waals surface area contributed by atoms with Crippen LogP contribution in [0.25, 0.3) is 0 Å². The van der Waals surface area contributed by atoms with Crippen molar-refractivity contribution in [2.75, 3.05) is 18.2 Å². The number of carbonyl (C=O) groups is 1. The summed E-state index contributed by atoms with van der Waals surface area (Å²) in [5.41, 5.74) is 0.896. The van der Waals surface area contributed by atoms with E-state index in [0.29, 0.717) is 20.1 Å². The SMILES string of the molecule is COc1ccc(Nc2nnc(SCC(=O)c3ccc(Cl)s3)s2)cc1. The largest absolute Gasteiger partial charge is 0.497 e. The molecule has 0 spiro atoms. The van der Waals surface area contributed by atoms with Crippen LogP contribution in [-0.2, 0) is 0 Å². The predicted molar refractivity (Wildman–Crippen MR) is 101 cm³/mol. The second kappa shape index (κ2) is 7.98. The maximum atomic E-state index is 12.0. The molecule has 0 bridgehead atoms. The van der Waals surface area contributed by atoms with E-state index in [1.807, 2.05) is 24.3 Å². The molecular formula is C15H12ClN3O2S3. The minimum absolute atomic E-state index is 0.0387. The van der Waals surface area contributed by atoms with Crippen LogP contribution in [0, 0.1) is 0 Å². The molecule has 0 atom stereocenters. The van der Waals surface area contributed by atoms with Gasteiger partial charge in [-0.25, -0.2) is 0 Å². The number of hydrogen-bond acceptors (Lipinski definition) is 8. The molecule has 1 N–H and O–H groups in total. The van der Waals surface area contributed by atoms with Gasteiger partial charge in [-0.3, -0.25) is 4.79 Å². The Bertz CT molecular complexity index is 833. The van der Waals surface area contributed by atoms with E-state index in [2.05, 4.69) is 15.5 Å². The molecule has 0 saturated carbocycles. The lowest BCUT2D eigenvalue weighted by Crippen LogP contribution is -1.98. The van der Waals surface area contributed by atoms with Crippen LogP contribution in [0.5, 0.6) is 5.75 Å². The van der Waals surface area contributed by atoms with Crippen LogP contribution in [-0.4, -0.2) is 28.8 Å². The van der Waals surface area contributed by atoms with E-state index in [9.17, 15) is 4.79 Å². The maximum absolute atomic E-state index is 12.0. The smallest absolute Gasteiger partial charge is 0.210 e. The van der Waals surface area contributed by atoms with E-state index in [-0.39, 0.29) is 5.78 Å². The molecule has 0 aliphatic rings. The molecule has 3 rings (SSSR count). The van der Waals surface area contributed by atoms with Crippen molar-refractivity contribution in [3.63, 3.8) is 0 Å². The topological polar surface area (TPSA) is 64.1 Å². The number of halogens is 1. The Kier molecular flexibility index (Phi) is 5.72. The van der Waals surface area contributed by atoms with Gasteiger partial charge in [-0.1, -0.05) is 34.7 Å². The van der Waals surface area contributed by atoms with Crippen molar-refractivity contribution < 1.29 is 9.53 Å². The van der Waals surface area contributed by atoms with Crippen LogP contribution in [0.1, 0.15) is 9.67 Å². The molecular weight excluding hydrogens is 386 g/mol. The van der Waals surface area contributed by atoms with Gasteiger partial charge in [0.1, 0.15) is 5.75 Å². The van der Waals surface area contributed by atoms with E-state index in [0.717, 1.165) is 15.8 Å². The summed E-state index contributed by atoms with van der Waals surface area (Å²) in [7, 11) is 1.63. The zero-order valence-electron chi connectivity index (χ0n) is 12.5. The van der Waals surface area contributed by atoms with Crippen molar-refractivity contribution in [2.24, 2.45) is 0 Å². The molecule has 5 nitrogen and oxygen atoms in total. The molecule has 0 amide bonds. The number of thioether (sulfide) groups is 1. The number of methoxy groups -OCH3 is 1. The summed E-state index contributed by atoms with van der Waals surface area (Å²) in [6.07, 6.45) is 0. The van der Waals surface area contributed by atoms with Gasteiger partial charge in [0.2, 0.25) is 5.13 Å². The molecule has 0 saturated heterocycles. The van der Waals surface area contributed by atoms with Crippen LogP contribution in [0.3, 0.4) is 0 Å². The van der Waals surface area contributed by atoms with Crippen LogP contribution in [0.4, 0.5) is 10.8 Å². The van der Waals surface area contributed by atoms with Crippen LogP contribution < -0.4 is 10.1 Å². The molecule has 2 heterocycles. The molecule has 1 aromatic carbocycles. The average molecular weight is 398 g/mol. The Morgan fingerprint density at radius 2 is 2.00 bits per heavy atom. The molecule has 2 aromatic heterocycles. The van der Waals surface area contributed by atoms with E-state index in [1.165, 1.54) is 34.4 Å². The third-order valence-electron chi connectivity index (χ3n) is 2.92. The fraction of sp³-hybridized carbons (Fsp3) is 0.133. The number of aromatic nitrogens is 2. The molecule has 9 heteroatoms. The van der Waals surface area contributed by atoms with Crippen molar-refractivity contribution in [2.45, 2.75) is 4.34 Å². The van der Waals surface area contributed by atoms with E-state index in [4.69, 9.17) is 16.3 Å². The Labute approximate surface area is 156 Å². The summed E-state index contributed by atoms with van der Waals surface area (Å²) in [6, 6.07) is 11.0. The van der Waals surface area contributed by atoms with Gasteiger partial charge in [0.05, 0.1) is 22.1 Å². The summed E-state index contributed by atoms with van der Waals surface area (Å²) < 4.78 is 6.47. The number of thiophene rings is 1. The minimum Gasteiger partial charge on any atom is -0.497 e. The van der Waals surface area contributed by atoms with Gasteiger partial charge < -0.3 is 10.1 Å². The first-order chi connectivity index (χ1) is 11.6. The molecule has 0 fully saturated rings. The summed E-state index contributed by atoms with van der Waals surface area (Å²) in [5.74, 6) is 1.14. The summed E-state index contributed by atoms with van der Waals surface area (Å²) in [6.45, 7) is 0. The van der Waals surface area contributed by atoms with Gasteiger partial charge in [-0.05, 0) is 36.4 Å². The van der Waals surface area contributed by atoms with Crippen molar-refractivity contribution >= 4 is 62.6 Å². The Morgan fingerprint density at radius 3 is 2.67 bits per heavy atom. The number of ketones is 1. The van der Waals surface area contributed by atoms with Gasteiger partial charge in [0.15, 0.2) is 10.1 Å². The number of benzene rings is 1. The van der Waals surface area contributed by atoms with E-state index < -0.39 is 0 Å². The van der Waals surface area contributed by atoms with Crippen molar-refractivity contribution in [1.82, 2.24) is 10.2 Å². The highest BCUT2D eigenvalue weighted by Gasteiger charge is 2.12. The van der Waals surface area contributed by atoms with Gasteiger partial charge >= 0.3 is 0 Å². The minimum atomic E-state index is 0.0387. The first-order valence-corrected chi connectivity index (χ1v) is 9.79. The molecule has 0 aliphatic heterocycles. The summed E-state index contributed by atoms with van der Waals surface area (Å²) in [5, 5.41) is 12.0. The quantitative estimate of drug-likeness (QED) is 0.448. The number of carbonyl (C=O) groups excluding carboxylic acids is 1. The fourth-order valence-corrected chi connectivity index (χ4v) is 4.51. The number of ether oxygens (including phenoxy) is 1. The Balaban J connectivity index is 1.56. The molecule has 0 unspecified atom stereocenters. The number of rotatable bonds is 7. The van der Waals surface area contributed by atoms with Gasteiger partial charge in [0, 0.05) is 5.69 Å². The number of anilines is 2. The molecule has 3 aromatic rings. The zero-order chi connectivity index (χ0) is 16.9. The number of hydrogen-bond donors (Lipinski definition) is 1. The third kappa shape index (κ3) is 4.47. The predicted octanol–water partition coefficient (Wildman–Crippen LogP) is 4.98.